The first-order valence-electron chi connectivity index (χ1n) is 8.46. The monoisotopic (exact) mass is 429 g/mol. The molecule has 1 atom stereocenters. The van der Waals surface area contributed by atoms with E-state index in [1.807, 2.05) is 30.1 Å². The summed E-state index contributed by atoms with van der Waals surface area (Å²) >= 11 is 5.55. The summed E-state index contributed by atoms with van der Waals surface area (Å²) in [7, 11) is 6.09. The number of carbonyl (C=O) groups excluding carboxylic acids is 1. The Hall–Kier alpha value is -2.76. The van der Waals surface area contributed by atoms with Crippen molar-refractivity contribution >= 4 is 40.7 Å². The molecule has 1 aromatic rings. The number of nitrogens with zero attached hydrogens (tertiary/aromatic N) is 2. The number of hydrogen-bond acceptors (Lipinski definition) is 6. The number of nitrogens with one attached hydrogen (secondary N) is 1. The molecule has 2 rings (SSSR count). The molecule has 5 N–H and O–H groups in total. The summed E-state index contributed by atoms with van der Waals surface area (Å²) in [5, 5.41) is 17.6. The zero-order valence-electron chi connectivity index (χ0n) is 16.8. The van der Waals surface area contributed by atoms with Crippen molar-refractivity contribution in [3.05, 3.63) is 23.8 Å². The predicted molar refractivity (Wildman–Crippen MR) is 112 cm³/mol. The third-order valence-corrected chi connectivity index (χ3v) is 4.26. The fraction of sp³-hybridized carbons (Fsp3) is 0.444. The Kier molecular flexibility index (Phi) is 10.8. The fourth-order valence-corrected chi connectivity index (χ4v) is 2.68. The van der Waals surface area contributed by atoms with E-state index in [0.717, 1.165) is 41.5 Å². The van der Waals surface area contributed by atoms with Gasteiger partial charge in [-0.25, -0.2) is 9.59 Å². The molecule has 0 spiro atoms. The Morgan fingerprint density at radius 1 is 1.28 bits per heavy atom. The van der Waals surface area contributed by atoms with Crippen LogP contribution in [0.25, 0.3) is 0 Å². The molecular formula is C18H27N3O7S. The summed E-state index contributed by atoms with van der Waals surface area (Å²) in [6.07, 6.45) is 1.03. The quantitative estimate of drug-likeness (QED) is 0.453. The number of amides is 1. The average molecular weight is 429 g/mol. The summed E-state index contributed by atoms with van der Waals surface area (Å²) < 4.78 is 6.14. The maximum atomic E-state index is 11.2. The second-order valence-corrected chi connectivity index (χ2v) is 6.91. The molecular weight excluding hydrogens is 402 g/mol. The molecule has 1 heterocycles. The summed E-state index contributed by atoms with van der Waals surface area (Å²) in [5.74, 6) is -2.96. The Morgan fingerprint density at radius 2 is 1.86 bits per heavy atom. The molecule has 0 fully saturated rings. The molecule has 0 aliphatic carbocycles. The van der Waals surface area contributed by atoms with Crippen molar-refractivity contribution in [1.82, 2.24) is 9.80 Å². The standard InChI is InChI=1S/C16H23N3O2S.C2H2O4.H2O/c1-11(20)17-12-5-6-15-14(9-12)16(22)19(4)10-13(21-15)7-8-18(2)3;3-1(4)2(5)6;/h5-6,9,13H,7-8,10H2,1-4H3,(H,17,20);(H,3,4)(H,5,6);1H2. The molecule has 0 radical (unpaired) electrons. The highest BCUT2D eigenvalue weighted by molar-refractivity contribution is 7.80. The second kappa shape index (κ2) is 11.9. The van der Waals surface area contributed by atoms with Crippen LogP contribution in [0.1, 0.15) is 18.9 Å². The number of benzene rings is 1. The summed E-state index contributed by atoms with van der Waals surface area (Å²) in [6.45, 7) is 3.21. The number of hydrogen-bond donors (Lipinski definition) is 3. The highest BCUT2D eigenvalue weighted by Gasteiger charge is 2.24. The van der Waals surface area contributed by atoms with Gasteiger partial charge in [-0.2, -0.15) is 0 Å². The van der Waals surface area contributed by atoms with Crippen LogP contribution in [0.3, 0.4) is 0 Å². The van der Waals surface area contributed by atoms with E-state index in [9.17, 15) is 4.79 Å². The number of anilines is 1. The maximum Gasteiger partial charge on any atom is 0.414 e. The first kappa shape index (κ1) is 26.2. The molecule has 1 aliphatic heterocycles. The van der Waals surface area contributed by atoms with Crippen LogP contribution in [0.15, 0.2) is 18.2 Å². The number of rotatable bonds is 4. The number of carbonyl (C=O) groups is 3. The molecule has 1 unspecified atom stereocenters. The lowest BCUT2D eigenvalue weighted by atomic mass is 10.1. The number of likely N-dealkylation sites (N-methyl/N-ethyl adjacent to an activating group) is 1. The van der Waals surface area contributed by atoms with Gasteiger partial charge in [0.15, 0.2) is 0 Å². The minimum absolute atomic E-state index is 0. The minimum Gasteiger partial charge on any atom is -0.488 e. The second-order valence-electron chi connectivity index (χ2n) is 6.52. The van der Waals surface area contributed by atoms with E-state index in [2.05, 4.69) is 24.3 Å². The van der Waals surface area contributed by atoms with Gasteiger partial charge in [0.1, 0.15) is 16.8 Å². The van der Waals surface area contributed by atoms with Crippen LogP contribution in [-0.2, 0) is 14.4 Å². The predicted octanol–water partition coefficient (Wildman–Crippen LogP) is 0.296. The third kappa shape index (κ3) is 8.85. The largest absolute Gasteiger partial charge is 0.488 e. The van der Waals surface area contributed by atoms with Gasteiger partial charge in [-0.1, -0.05) is 12.2 Å². The summed E-state index contributed by atoms with van der Waals surface area (Å²) in [4.78, 5) is 34.3. The van der Waals surface area contributed by atoms with E-state index in [0.29, 0.717) is 0 Å². The lowest BCUT2D eigenvalue weighted by Crippen LogP contribution is -2.35. The molecule has 1 amide bonds. The molecule has 162 valence electrons. The Morgan fingerprint density at radius 3 is 2.34 bits per heavy atom. The average Bonchev–Trinajstić information content (AvgIpc) is 2.70. The van der Waals surface area contributed by atoms with Gasteiger partial charge in [-0.3, -0.25) is 4.79 Å². The van der Waals surface area contributed by atoms with Crippen molar-refractivity contribution in [2.45, 2.75) is 19.4 Å². The summed E-state index contributed by atoms with van der Waals surface area (Å²) in [6, 6.07) is 5.61. The lowest BCUT2D eigenvalue weighted by molar-refractivity contribution is -0.159. The number of aliphatic carboxylic acids is 2. The first-order valence-corrected chi connectivity index (χ1v) is 8.86. The van der Waals surface area contributed by atoms with Gasteiger partial charge in [-0.15, -0.1) is 0 Å². The minimum atomic E-state index is -1.82. The van der Waals surface area contributed by atoms with E-state index in [-0.39, 0.29) is 17.5 Å². The van der Waals surface area contributed by atoms with Crippen LogP contribution in [-0.4, -0.2) is 88.7 Å². The Balaban J connectivity index is 0.000000981. The molecule has 1 aromatic carbocycles. The molecule has 0 bridgehead atoms. The van der Waals surface area contributed by atoms with Crippen molar-refractivity contribution in [3.8, 4) is 5.75 Å². The first-order chi connectivity index (χ1) is 13.0. The topological polar surface area (TPSA) is 151 Å². The normalized spacial score (nSPS) is 15.0. The van der Waals surface area contributed by atoms with E-state index < -0.39 is 11.9 Å². The number of thiocarbonyl (C=S) groups is 1. The number of carboxylic acid groups (broad SMARTS) is 2. The van der Waals surface area contributed by atoms with Crippen molar-refractivity contribution in [2.24, 2.45) is 0 Å². The molecule has 0 aromatic heterocycles. The van der Waals surface area contributed by atoms with Gasteiger partial charge in [0, 0.05) is 26.2 Å². The van der Waals surface area contributed by atoms with Gasteiger partial charge >= 0.3 is 11.9 Å². The van der Waals surface area contributed by atoms with Crippen LogP contribution in [0, 0.1) is 0 Å². The van der Waals surface area contributed by atoms with Gasteiger partial charge in [0.2, 0.25) is 5.91 Å². The highest BCUT2D eigenvalue weighted by Crippen LogP contribution is 2.29. The van der Waals surface area contributed by atoms with E-state index in [4.69, 9.17) is 36.8 Å². The smallest absolute Gasteiger partial charge is 0.414 e. The van der Waals surface area contributed by atoms with Crippen molar-refractivity contribution < 1.29 is 34.8 Å². The number of fused-ring (bicyclic) bond motifs is 1. The lowest BCUT2D eigenvalue weighted by Gasteiger charge is -2.22. The van der Waals surface area contributed by atoms with Crippen molar-refractivity contribution in [1.29, 1.82) is 0 Å². The maximum absolute atomic E-state index is 11.2. The van der Waals surface area contributed by atoms with Crippen molar-refractivity contribution in [3.63, 3.8) is 0 Å². The SMILES string of the molecule is CC(=O)Nc1ccc2c(c1)C(=S)N(C)CC(CCN(C)C)O2.O.O=C(O)C(=O)O. The third-order valence-electron chi connectivity index (χ3n) is 3.73. The molecule has 0 saturated heterocycles. The van der Waals surface area contributed by atoms with Crippen LogP contribution in [0.2, 0.25) is 0 Å². The van der Waals surface area contributed by atoms with Gasteiger partial charge < -0.3 is 35.5 Å². The number of carboxylic acids is 2. The molecule has 11 heteroatoms. The number of ether oxygens (including phenoxy) is 1. The van der Waals surface area contributed by atoms with E-state index in [1.54, 1.807) is 0 Å². The zero-order chi connectivity index (χ0) is 21.4. The summed E-state index contributed by atoms with van der Waals surface area (Å²) in [5.41, 5.74) is 1.59. The van der Waals surface area contributed by atoms with E-state index in [1.165, 1.54) is 6.92 Å². The zero-order valence-corrected chi connectivity index (χ0v) is 17.6. The fourth-order valence-electron chi connectivity index (χ4n) is 2.44. The van der Waals surface area contributed by atoms with Crippen molar-refractivity contribution in [2.75, 3.05) is 39.5 Å². The Labute approximate surface area is 174 Å². The Bertz CT molecular complexity index is 743. The van der Waals surface area contributed by atoms with Crippen LogP contribution in [0.5, 0.6) is 5.75 Å². The van der Waals surface area contributed by atoms with Crippen LogP contribution < -0.4 is 10.1 Å². The van der Waals surface area contributed by atoms with Gasteiger partial charge in [-0.05, 0) is 38.7 Å². The highest BCUT2D eigenvalue weighted by atomic mass is 32.1. The van der Waals surface area contributed by atoms with E-state index >= 15 is 0 Å². The van der Waals surface area contributed by atoms with Crippen LogP contribution >= 0.6 is 12.2 Å². The molecule has 10 nitrogen and oxygen atoms in total. The molecule has 0 saturated carbocycles. The molecule has 1 aliphatic rings. The van der Waals surface area contributed by atoms with Gasteiger partial charge in [0.05, 0.1) is 12.1 Å². The molecule has 29 heavy (non-hydrogen) atoms. The van der Waals surface area contributed by atoms with Crippen LogP contribution in [0.4, 0.5) is 5.69 Å². The van der Waals surface area contributed by atoms with Gasteiger partial charge in [0.25, 0.3) is 0 Å².